The molecule has 2 aromatic carbocycles. The first kappa shape index (κ1) is 16.6. The van der Waals surface area contributed by atoms with Crippen LogP contribution in [0.25, 0.3) is 21.9 Å². The van der Waals surface area contributed by atoms with Gasteiger partial charge in [0.1, 0.15) is 5.82 Å². The lowest BCUT2D eigenvalue weighted by molar-refractivity contribution is 0.744. The third kappa shape index (κ3) is 2.93. The lowest BCUT2D eigenvalue weighted by atomic mass is 10.2. The largest absolute Gasteiger partial charge is 0.315 e. The molecule has 0 saturated heterocycles. The summed E-state index contributed by atoms with van der Waals surface area (Å²) in [7, 11) is 0. The number of imidazole rings is 1. The highest BCUT2D eigenvalue weighted by Gasteiger charge is 2.17. The first-order chi connectivity index (χ1) is 12.7. The number of aromatic nitrogens is 4. The van der Waals surface area contributed by atoms with E-state index >= 15 is 0 Å². The molecular formula is C20H18N4OS. The number of fused-ring (bicyclic) bond motifs is 2. The number of para-hydroxylation sites is 3. The minimum Gasteiger partial charge on any atom is -0.315 e. The highest BCUT2D eigenvalue weighted by atomic mass is 32.2. The second-order valence-electron chi connectivity index (χ2n) is 6.01. The summed E-state index contributed by atoms with van der Waals surface area (Å²) < 4.78 is 2.13. The predicted molar refractivity (Wildman–Crippen MR) is 107 cm³/mol. The van der Waals surface area contributed by atoms with Gasteiger partial charge < -0.3 is 9.55 Å². The van der Waals surface area contributed by atoms with E-state index in [0.29, 0.717) is 23.3 Å². The summed E-state index contributed by atoms with van der Waals surface area (Å²) >= 11 is 1.58. The van der Waals surface area contributed by atoms with Crippen molar-refractivity contribution in [2.24, 2.45) is 0 Å². The number of rotatable bonds is 5. The summed E-state index contributed by atoms with van der Waals surface area (Å²) in [6.07, 6.45) is 1.86. The number of nitrogens with zero attached hydrogens (tertiary/aromatic N) is 3. The zero-order chi connectivity index (χ0) is 18.1. The molecule has 0 unspecified atom stereocenters. The van der Waals surface area contributed by atoms with Gasteiger partial charge in [-0.3, -0.25) is 4.79 Å². The lowest BCUT2D eigenvalue weighted by Gasteiger charge is -2.12. The number of hydrogen-bond acceptors (Lipinski definition) is 4. The van der Waals surface area contributed by atoms with Crippen molar-refractivity contribution in [2.45, 2.75) is 23.9 Å². The van der Waals surface area contributed by atoms with E-state index < -0.39 is 0 Å². The summed E-state index contributed by atoms with van der Waals surface area (Å²) in [5.74, 6) is 0.649. The maximum absolute atomic E-state index is 12.3. The lowest BCUT2D eigenvalue weighted by Crippen LogP contribution is -2.13. The van der Waals surface area contributed by atoms with Gasteiger partial charge in [-0.1, -0.05) is 42.1 Å². The third-order valence-electron chi connectivity index (χ3n) is 4.23. The van der Waals surface area contributed by atoms with Gasteiger partial charge in [-0.15, -0.1) is 6.58 Å². The first-order valence-electron chi connectivity index (χ1n) is 8.39. The van der Waals surface area contributed by atoms with Gasteiger partial charge in [0.15, 0.2) is 5.16 Å². The number of H-pyrrole nitrogens is 1. The molecule has 4 aromatic rings. The van der Waals surface area contributed by atoms with E-state index in [-0.39, 0.29) is 10.8 Å². The summed E-state index contributed by atoms with van der Waals surface area (Å²) in [5.41, 5.74) is 2.61. The van der Waals surface area contributed by atoms with Crippen molar-refractivity contribution < 1.29 is 0 Å². The summed E-state index contributed by atoms with van der Waals surface area (Å²) in [6.45, 7) is 6.55. The maximum Gasteiger partial charge on any atom is 0.258 e. The number of benzene rings is 2. The van der Waals surface area contributed by atoms with Crippen LogP contribution in [0.3, 0.4) is 0 Å². The minimum atomic E-state index is -0.113. The van der Waals surface area contributed by atoms with Crippen molar-refractivity contribution in [1.82, 2.24) is 19.5 Å². The molecule has 0 amide bonds. The van der Waals surface area contributed by atoms with Crippen molar-refractivity contribution in [1.29, 1.82) is 0 Å². The Balaban J connectivity index is 1.73. The Hall–Kier alpha value is -2.86. The van der Waals surface area contributed by atoms with Crippen LogP contribution in [0.15, 0.2) is 71.1 Å². The topological polar surface area (TPSA) is 63.6 Å². The Kier molecular flexibility index (Phi) is 4.34. The van der Waals surface area contributed by atoms with Crippen molar-refractivity contribution in [3.63, 3.8) is 0 Å². The van der Waals surface area contributed by atoms with Gasteiger partial charge >= 0.3 is 0 Å². The van der Waals surface area contributed by atoms with E-state index in [4.69, 9.17) is 4.98 Å². The van der Waals surface area contributed by atoms with Crippen LogP contribution in [-0.4, -0.2) is 19.5 Å². The molecule has 2 heterocycles. The molecule has 0 bridgehead atoms. The summed E-state index contributed by atoms with van der Waals surface area (Å²) in [5, 5.41) is 1.44. The fourth-order valence-electron chi connectivity index (χ4n) is 2.96. The van der Waals surface area contributed by atoms with E-state index in [9.17, 15) is 4.79 Å². The molecule has 1 atom stereocenters. The zero-order valence-electron chi connectivity index (χ0n) is 14.3. The summed E-state index contributed by atoms with van der Waals surface area (Å²) in [6, 6.07) is 15.4. The minimum absolute atomic E-state index is 0.0484. The fraction of sp³-hybridized carbons (Fsp3) is 0.150. The third-order valence-corrected chi connectivity index (χ3v) is 5.33. The van der Waals surface area contributed by atoms with Crippen LogP contribution in [0.4, 0.5) is 0 Å². The monoisotopic (exact) mass is 362 g/mol. The van der Waals surface area contributed by atoms with E-state index in [0.717, 1.165) is 16.2 Å². The van der Waals surface area contributed by atoms with Crippen LogP contribution in [-0.2, 0) is 6.54 Å². The smallest absolute Gasteiger partial charge is 0.258 e. The molecule has 0 radical (unpaired) electrons. The normalized spacial score (nSPS) is 12.5. The van der Waals surface area contributed by atoms with Gasteiger partial charge in [-0.25, -0.2) is 9.97 Å². The van der Waals surface area contributed by atoms with Crippen LogP contribution in [0.5, 0.6) is 0 Å². The molecule has 0 fully saturated rings. The molecule has 0 aliphatic carbocycles. The second-order valence-corrected chi connectivity index (χ2v) is 7.32. The van der Waals surface area contributed by atoms with Gasteiger partial charge in [0.05, 0.1) is 27.2 Å². The molecule has 0 aliphatic rings. The van der Waals surface area contributed by atoms with Crippen LogP contribution in [0.1, 0.15) is 18.0 Å². The number of hydrogen-bond donors (Lipinski definition) is 1. The van der Waals surface area contributed by atoms with Gasteiger partial charge in [-0.05, 0) is 31.2 Å². The van der Waals surface area contributed by atoms with Crippen LogP contribution < -0.4 is 5.56 Å². The van der Waals surface area contributed by atoms with Gasteiger partial charge in [-0.2, -0.15) is 0 Å². The molecule has 4 rings (SSSR count). The van der Waals surface area contributed by atoms with Crippen molar-refractivity contribution in [3.8, 4) is 0 Å². The molecule has 1 N–H and O–H groups in total. The highest BCUT2D eigenvalue weighted by Crippen LogP contribution is 2.34. The van der Waals surface area contributed by atoms with Crippen molar-refractivity contribution in [2.75, 3.05) is 0 Å². The molecule has 6 heteroatoms. The van der Waals surface area contributed by atoms with Gasteiger partial charge in [0.25, 0.3) is 5.56 Å². The Morgan fingerprint density at radius 3 is 2.69 bits per heavy atom. The molecule has 130 valence electrons. The highest BCUT2D eigenvalue weighted by molar-refractivity contribution is 7.99. The number of thioether (sulfide) groups is 1. The first-order valence-corrected chi connectivity index (χ1v) is 9.27. The Morgan fingerprint density at radius 2 is 1.88 bits per heavy atom. The average Bonchev–Trinajstić information content (AvgIpc) is 2.99. The number of nitrogens with one attached hydrogen (secondary N) is 1. The van der Waals surface area contributed by atoms with Crippen LogP contribution >= 0.6 is 11.8 Å². The molecule has 0 aliphatic heterocycles. The number of aromatic amines is 1. The van der Waals surface area contributed by atoms with Gasteiger partial charge in [0.2, 0.25) is 0 Å². The molecule has 5 nitrogen and oxygen atoms in total. The molecule has 0 spiro atoms. The van der Waals surface area contributed by atoms with Crippen LogP contribution in [0.2, 0.25) is 0 Å². The Labute approximate surface area is 154 Å². The Bertz CT molecular complexity index is 1160. The molecule has 26 heavy (non-hydrogen) atoms. The van der Waals surface area contributed by atoms with Crippen molar-refractivity contribution in [3.05, 3.63) is 77.4 Å². The van der Waals surface area contributed by atoms with E-state index in [1.165, 1.54) is 0 Å². The number of allylic oxidation sites excluding steroid dienone is 1. The Morgan fingerprint density at radius 1 is 1.15 bits per heavy atom. The van der Waals surface area contributed by atoms with Crippen molar-refractivity contribution >= 4 is 33.7 Å². The average molecular weight is 362 g/mol. The summed E-state index contributed by atoms with van der Waals surface area (Å²) in [4.78, 5) is 24.6. The van der Waals surface area contributed by atoms with E-state index in [2.05, 4.69) is 27.2 Å². The quantitative estimate of drug-likeness (QED) is 0.424. The molecule has 0 saturated carbocycles. The van der Waals surface area contributed by atoms with Gasteiger partial charge in [0, 0.05) is 6.54 Å². The van der Waals surface area contributed by atoms with Crippen LogP contribution in [0, 0.1) is 0 Å². The zero-order valence-corrected chi connectivity index (χ0v) is 15.2. The predicted octanol–water partition coefficient (Wildman–Crippen LogP) is 4.31. The second kappa shape index (κ2) is 6.80. The SMILES string of the molecule is C=CCn1c(S[C@H](C)c2nc3ccccc3c(=O)[nH]2)nc2ccccc21. The maximum atomic E-state index is 12.3. The molecule has 2 aromatic heterocycles. The van der Waals surface area contributed by atoms with E-state index in [1.807, 2.05) is 49.4 Å². The van der Waals surface area contributed by atoms with E-state index in [1.54, 1.807) is 17.8 Å². The molecular weight excluding hydrogens is 344 g/mol. The fourth-order valence-corrected chi connectivity index (χ4v) is 3.95. The standard InChI is InChI=1S/C20H18N4OS/c1-3-12-24-17-11-7-6-10-16(17)22-20(24)26-13(2)18-21-15-9-5-4-8-14(15)19(25)23-18/h3-11,13H,1,12H2,2H3,(H,21,23,25)/t13-/m1/s1.